The van der Waals surface area contributed by atoms with Crippen molar-refractivity contribution in [1.29, 1.82) is 0 Å². The van der Waals surface area contributed by atoms with Crippen LogP contribution in [-0.4, -0.2) is 29.9 Å². The molecule has 4 heteroatoms. The summed E-state index contributed by atoms with van der Waals surface area (Å²) in [5.74, 6) is 6.64. The van der Waals surface area contributed by atoms with Crippen LogP contribution in [-0.2, 0) is 4.79 Å². The van der Waals surface area contributed by atoms with Gasteiger partial charge in [-0.15, -0.1) is 0 Å². The minimum atomic E-state index is -0.0383. The maximum Gasteiger partial charge on any atom is 0.251 e. The van der Waals surface area contributed by atoms with Crippen LogP contribution in [0, 0.1) is 11.8 Å². The Hall–Kier alpha value is -0.610. The number of hydrogen-bond acceptors (Lipinski definition) is 3. The summed E-state index contributed by atoms with van der Waals surface area (Å²) in [7, 11) is 0. The highest BCUT2D eigenvalue weighted by molar-refractivity contribution is 5.81. The number of nitrogens with one attached hydrogen (secondary N) is 1. The molecule has 3 N–H and O–H groups in total. The molecule has 0 aromatic rings. The number of amides is 1. The van der Waals surface area contributed by atoms with E-state index in [2.05, 4.69) is 31.1 Å². The van der Waals surface area contributed by atoms with Crippen molar-refractivity contribution in [2.45, 2.75) is 46.1 Å². The minimum Gasteiger partial charge on any atom is -0.293 e. The van der Waals surface area contributed by atoms with Crippen molar-refractivity contribution >= 4 is 5.91 Å². The first kappa shape index (κ1) is 13.5. The van der Waals surface area contributed by atoms with Gasteiger partial charge in [-0.3, -0.25) is 15.1 Å². The molecular weight excluding hydrogens is 202 g/mol. The second-order valence-electron chi connectivity index (χ2n) is 5.05. The predicted molar refractivity (Wildman–Crippen MR) is 65.5 cm³/mol. The maximum absolute atomic E-state index is 11.7. The molecule has 0 aromatic heterocycles. The monoisotopic (exact) mass is 227 g/mol. The highest BCUT2D eigenvalue weighted by Gasteiger charge is 2.30. The highest BCUT2D eigenvalue weighted by Crippen LogP contribution is 2.25. The highest BCUT2D eigenvalue weighted by atomic mass is 16.2. The second-order valence-corrected chi connectivity index (χ2v) is 5.05. The van der Waals surface area contributed by atoms with E-state index in [4.69, 9.17) is 5.84 Å². The lowest BCUT2D eigenvalue weighted by Gasteiger charge is -2.39. The van der Waals surface area contributed by atoms with Gasteiger partial charge in [0.05, 0.1) is 6.04 Å². The fourth-order valence-corrected chi connectivity index (χ4v) is 2.43. The summed E-state index contributed by atoms with van der Waals surface area (Å²) < 4.78 is 0. The van der Waals surface area contributed by atoms with Gasteiger partial charge >= 0.3 is 0 Å². The summed E-state index contributed by atoms with van der Waals surface area (Å²) in [5.41, 5.74) is 2.29. The summed E-state index contributed by atoms with van der Waals surface area (Å²) in [4.78, 5) is 14.0. The Kier molecular flexibility index (Phi) is 5.22. The smallest absolute Gasteiger partial charge is 0.251 e. The summed E-state index contributed by atoms with van der Waals surface area (Å²) >= 11 is 0. The van der Waals surface area contributed by atoms with E-state index in [1.165, 1.54) is 6.42 Å². The van der Waals surface area contributed by atoms with Crippen molar-refractivity contribution in [3.05, 3.63) is 0 Å². The lowest BCUT2D eigenvalue weighted by atomic mass is 9.87. The Labute approximate surface area is 98.5 Å². The number of rotatable bonds is 4. The molecule has 1 heterocycles. The molecule has 1 aliphatic rings. The average molecular weight is 227 g/mol. The molecule has 1 saturated heterocycles. The predicted octanol–water partition coefficient (Wildman–Crippen LogP) is 1.12. The molecule has 16 heavy (non-hydrogen) atoms. The SMILES string of the molecule is CCCC(C(=O)NN)N1CCC(C)C(C)C1. The molecule has 3 atom stereocenters. The Morgan fingerprint density at radius 2 is 2.19 bits per heavy atom. The Morgan fingerprint density at radius 1 is 1.50 bits per heavy atom. The van der Waals surface area contributed by atoms with Crippen LogP contribution < -0.4 is 11.3 Å². The third kappa shape index (κ3) is 3.19. The van der Waals surface area contributed by atoms with Gasteiger partial charge in [-0.1, -0.05) is 27.2 Å². The quantitative estimate of drug-likeness (QED) is 0.430. The molecule has 0 saturated carbocycles. The zero-order chi connectivity index (χ0) is 12.1. The van der Waals surface area contributed by atoms with Crippen molar-refractivity contribution < 1.29 is 4.79 Å². The van der Waals surface area contributed by atoms with Crippen LogP contribution in [0.3, 0.4) is 0 Å². The number of hydrogen-bond donors (Lipinski definition) is 2. The summed E-state index contributed by atoms with van der Waals surface area (Å²) in [6.45, 7) is 8.69. The van der Waals surface area contributed by atoms with Gasteiger partial charge in [0.1, 0.15) is 0 Å². The normalized spacial score (nSPS) is 28.8. The molecule has 0 radical (unpaired) electrons. The number of nitrogens with zero attached hydrogens (tertiary/aromatic N) is 1. The van der Waals surface area contributed by atoms with E-state index in [-0.39, 0.29) is 11.9 Å². The molecule has 0 aliphatic carbocycles. The number of carbonyl (C=O) groups is 1. The maximum atomic E-state index is 11.7. The summed E-state index contributed by atoms with van der Waals surface area (Å²) in [6.07, 6.45) is 3.09. The molecule has 3 unspecified atom stereocenters. The third-order valence-corrected chi connectivity index (χ3v) is 3.81. The molecule has 0 bridgehead atoms. The van der Waals surface area contributed by atoms with Crippen LogP contribution >= 0.6 is 0 Å². The van der Waals surface area contributed by atoms with Gasteiger partial charge in [0.2, 0.25) is 0 Å². The van der Waals surface area contributed by atoms with E-state index in [0.717, 1.165) is 31.8 Å². The summed E-state index contributed by atoms with van der Waals surface area (Å²) in [5, 5.41) is 0. The van der Waals surface area contributed by atoms with E-state index in [0.29, 0.717) is 5.92 Å². The largest absolute Gasteiger partial charge is 0.293 e. The van der Waals surface area contributed by atoms with Gasteiger partial charge < -0.3 is 0 Å². The van der Waals surface area contributed by atoms with E-state index in [1.807, 2.05) is 0 Å². The van der Waals surface area contributed by atoms with Crippen molar-refractivity contribution in [1.82, 2.24) is 10.3 Å². The average Bonchev–Trinajstić information content (AvgIpc) is 2.29. The fraction of sp³-hybridized carbons (Fsp3) is 0.917. The van der Waals surface area contributed by atoms with Crippen LogP contribution in [0.2, 0.25) is 0 Å². The first-order valence-corrected chi connectivity index (χ1v) is 6.34. The third-order valence-electron chi connectivity index (χ3n) is 3.81. The van der Waals surface area contributed by atoms with Crippen molar-refractivity contribution in [2.75, 3.05) is 13.1 Å². The molecule has 1 aliphatic heterocycles. The van der Waals surface area contributed by atoms with Crippen LogP contribution in [0.1, 0.15) is 40.0 Å². The molecule has 0 aromatic carbocycles. The van der Waals surface area contributed by atoms with Crippen molar-refractivity contribution in [3.63, 3.8) is 0 Å². The van der Waals surface area contributed by atoms with E-state index < -0.39 is 0 Å². The Balaban J connectivity index is 2.61. The summed E-state index contributed by atoms with van der Waals surface area (Å²) in [6, 6.07) is -0.0371. The van der Waals surface area contributed by atoms with Crippen LogP contribution in [0.25, 0.3) is 0 Å². The number of likely N-dealkylation sites (tertiary alicyclic amines) is 1. The van der Waals surface area contributed by atoms with Gasteiger partial charge in [0.15, 0.2) is 0 Å². The zero-order valence-corrected chi connectivity index (χ0v) is 10.7. The van der Waals surface area contributed by atoms with Crippen LogP contribution in [0.5, 0.6) is 0 Å². The molecule has 1 fully saturated rings. The zero-order valence-electron chi connectivity index (χ0n) is 10.7. The van der Waals surface area contributed by atoms with Gasteiger partial charge in [-0.25, -0.2) is 5.84 Å². The van der Waals surface area contributed by atoms with Gasteiger partial charge in [0.25, 0.3) is 5.91 Å². The molecule has 1 amide bonds. The Morgan fingerprint density at radius 3 is 2.69 bits per heavy atom. The first-order valence-electron chi connectivity index (χ1n) is 6.34. The topological polar surface area (TPSA) is 58.4 Å². The first-order chi connectivity index (χ1) is 7.60. The van der Waals surface area contributed by atoms with Gasteiger partial charge in [0, 0.05) is 6.54 Å². The number of piperidine rings is 1. The molecule has 4 nitrogen and oxygen atoms in total. The molecular formula is C12H25N3O. The van der Waals surface area contributed by atoms with Crippen LogP contribution in [0.15, 0.2) is 0 Å². The van der Waals surface area contributed by atoms with Crippen LogP contribution in [0.4, 0.5) is 0 Å². The molecule has 94 valence electrons. The Bertz CT molecular complexity index is 232. The lowest BCUT2D eigenvalue weighted by Crippen LogP contribution is -2.52. The molecule has 0 spiro atoms. The minimum absolute atomic E-state index is 0.0371. The van der Waals surface area contributed by atoms with Crippen molar-refractivity contribution in [3.8, 4) is 0 Å². The van der Waals surface area contributed by atoms with Gasteiger partial charge in [-0.2, -0.15) is 0 Å². The van der Waals surface area contributed by atoms with E-state index in [1.54, 1.807) is 0 Å². The van der Waals surface area contributed by atoms with Crippen molar-refractivity contribution in [2.24, 2.45) is 17.7 Å². The fourth-order valence-electron chi connectivity index (χ4n) is 2.43. The van der Waals surface area contributed by atoms with E-state index >= 15 is 0 Å². The lowest BCUT2D eigenvalue weighted by molar-refractivity contribution is -0.127. The molecule has 1 rings (SSSR count). The number of hydrazine groups is 1. The van der Waals surface area contributed by atoms with Gasteiger partial charge in [-0.05, 0) is 31.2 Å². The van der Waals surface area contributed by atoms with E-state index in [9.17, 15) is 4.79 Å². The number of carbonyl (C=O) groups excluding carboxylic acids is 1. The standard InChI is InChI=1S/C12H25N3O/c1-4-5-11(12(16)14-13)15-7-6-9(2)10(3)8-15/h9-11H,4-8,13H2,1-3H3,(H,14,16). The number of nitrogens with two attached hydrogens (primary N) is 1. The second kappa shape index (κ2) is 6.21.